The fraction of sp³-hybridized carbons (Fsp3) is 0.211. The van der Waals surface area contributed by atoms with Crippen LogP contribution in [0, 0.1) is 0 Å². The highest BCUT2D eigenvalue weighted by molar-refractivity contribution is 5.96. The van der Waals surface area contributed by atoms with Crippen LogP contribution in [0.1, 0.15) is 17.3 Å². The number of rotatable bonds is 6. The third-order valence-corrected chi connectivity index (χ3v) is 3.42. The molecule has 0 bridgehead atoms. The molecule has 2 amide bonds. The Kier molecular flexibility index (Phi) is 6.32. The van der Waals surface area contributed by atoms with Crippen molar-refractivity contribution in [3.8, 4) is 0 Å². The number of amides is 2. The zero-order valence-corrected chi connectivity index (χ0v) is 14.9. The average Bonchev–Trinajstić information content (AvgIpc) is 2.59. The second-order valence-electron chi connectivity index (χ2n) is 5.83. The van der Waals surface area contributed by atoms with Gasteiger partial charge in [-0.15, -0.1) is 0 Å². The van der Waals surface area contributed by atoms with Gasteiger partial charge in [0, 0.05) is 38.1 Å². The maximum absolute atomic E-state index is 12.0. The Morgan fingerprint density at radius 2 is 1.65 bits per heavy atom. The van der Waals surface area contributed by atoms with E-state index in [0.717, 1.165) is 5.69 Å². The van der Waals surface area contributed by atoms with Gasteiger partial charge in [-0.3, -0.25) is 9.59 Å². The monoisotopic (exact) mass is 355 g/mol. The maximum Gasteiger partial charge on any atom is 0.338 e. The van der Waals surface area contributed by atoms with Crippen molar-refractivity contribution >= 4 is 34.8 Å². The molecule has 0 aliphatic carbocycles. The maximum atomic E-state index is 12.0. The van der Waals surface area contributed by atoms with Crippen molar-refractivity contribution < 1.29 is 19.1 Å². The van der Waals surface area contributed by atoms with Crippen LogP contribution in [0.25, 0.3) is 0 Å². The van der Waals surface area contributed by atoms with E-state index in [-0.39, 0.29) is 11.5 Å². The first kappa shape index (κ1) is 19.0. The van der Waals surface area contributed by atoms with Crippen LogP contribution in [0.4, 0.5) is 17.1 Å². The average molecular weight is 355 g/mol. The molecule has 0 saturated carbocycles. The van der Waals surface area contributed by atoms with Gasteiger partial charge >= 0.3 is 5.97 Å². The van der Waals surface area contributed by atoms with Crippen molar-refractivity contribution in [3.63, 3.8) is 0 Å². The predicted octanol–water partition coefficient (Wildman–Crippen LogP) is 2.51. The first-order chi connectivity index (χ1) is 12.3. The normalized spacial score (nSPS) is 9.96. The lowest BCUT2D eigenvalue weighted by atomic mass is 10.2. The molecule has 7 heteroatoms. The second kappa shape index (κ2) is 8.66. The number of ether oxygens (including phenoxy) is 1. The Bertz CT molecular complexity index is 801. The number of carbonyl (C=O) groups is 3. The Balaban J connectivity index is 1.88. The molecule has 0 heterocycles. The van der Waals surface area contributed by atoms with Crippen LogP contribution in [0.15, 0.2) is 48.5 Å². The Labute approximate surface area is 152 Å². The summed E-state index contributed by atoms with van der Waals surface area (Å²) in [4.78, 5) is 37.0. The summed E-state index contributed by atoms with van der Waals surface area (Å²) in [5.41, 5.74) is 2.36. The highest BCUT2D eigenvalue weighted by atomic mass is 16.5. The lowest BCUT2D eigenvalue weighted by Gasteiger charge is -2.13. The van der Waals surface area contributed by atoms with E-state index in [1.807, 2.05) is 31.1 Å². The van der Waals surface area contributed by atoms with Crippen LogP contribution in [0.2, 0.25) is 0 Å². The summed E-state index contributed by atoms with van der Waals surface area (Å²) in [5.74, 6) is -1.32. The van der Waals surface area contributed by atoms with E-state index in [1.54, 1.807) is 30.3 Å². The molecule has 26 heavy (non-hydrogen) atoms. The van der Waals surface area contributed by atoms with Crippen LogP contribution in [0.5, 0.6) is 0 Å². The van der Waals surface area contributed by atoms with Crippen molar-refractivity contribution in [2.45, 2.75) is 6.92 Å². The minimum atomic E-state index is -0.643. The molecule has 136 valence electrons. The minimum absolute atomic E-state index is 0.241. The van der Waals surface area contributed by atoms with Crippen LogP contribution >= 0.6 is 0 Å². The highest BCUT2D eigenvalue weighted by Gasteiger charge is 2.11. The van der Waals surface area contributed by atoms with Gasteiger partial charge in [0.1, 0.15) is 0 Å². The summed E-state index contributed by atoms with van der Waals surface area (Å²) in [5, 5.41) is 5.24. The van der Waals surface area contributed by atoms with Crippen molar-refractivity contribution in [1.29, 1.82) is 0 Å². The molecule has 0 aromatic heterocycles. The highest BCUT2D eigenvalue weighted by Crippen LogP contribution is 2.16. The number of nitrogens with zero attached hydrogens (tertiary/aromatic N) is 1. The smallest absolute Gasteiger partial charge is 0.338 e. The van der Waals surface area contributed by atoms with E-state index < -0.39 is 18.5 Å². The lowest BCUT2D eigenvalue weighted by Crippen LogP contribution is -2.21. The number of benzene rings is 2. The van der Waals surface area contributed by atoms with Crippen LogP contribution in [-0.4, -0.2) is 38.5 Å². The van der Waals surface area contributed by atoms with Crippen molar-refractivity contribution in [1.82, 2.24) is 0 Å². The molecule has 7 nitrogen and oxygen atoms in total. The topological polar surface area (TPSA) is 87.7 Å². The van der Waals surface area contributed by atoms with E-state index in [1.165, 1.54) is 13.0 Å². The Morgan fingerprint density at radius 3 is 2.27 bits per heavy atom. The molecule has 2 aromatic rings. The standard InChI is InChI=1S/C19H21N3O4/c1-13(23)20-16-6-4-5-14(11-16)19(25)26-12-18(24)21-15-7-9-17(10-8-15)22(2)3/h4-11H,12H2,1-3H3,(H,20,23)(H,21,24). The van der Waals surface area contributed by atoms with Crippen LogP contribution in [-0.2, 0) is 14.3 Å². The van der Waals surface area contributed by atoms with Gasteiger partial charge in [0.15, 0.2) is 6.61 Å². The number of nitrogens with one attached hydrogen (secondary N) is 2. The Morgan fingerprint density at radius 1 is 0.962 bits per heavy atom. The van der Waals surface area contributed by atoms with E-state index in [4.69, 9.17) is 4.74 Å². The number of anilines is 3. The first-order valence-corrected chi connectivity index (χ1v) is 7.97. The van der Waals surface area contributed by atoms with Crippen molar-refractivity contribution in [2.24, 2.45) is 0 Å². The first-order valence-electron chi connectivity index (χ1n) is 7.97. The molecule has 2 N–H and O–H groups in total. The summed E-state index contributed by atoms with van der Waals surface area (Å²) in [6.45, 7) is 0.971. The van der Waals surface area contributed by atoms with Gasteiger partial charge in [0.2, 0.25) is 5.91 Å². The van der Waals surface area contributed by atoms with E-state index in [9.17, 15) is 14.4 Å². The summed E-state index contributed by atoms with van der Waals surface area (Å²) >= 11 is 0. The molecule has 0 spiro atoms. The lowest BCUT2D eigenvalue weighted by molar-refractivity contribution is -0.119. The summed E-state index contributed by atoms with van der Waals surface area (Å²) in [6.07, 6.45) is 0. The van der Waals surface area contributed by atoms with Gasteiger partial charge in [-0.25, -0.2) is 4.79 Å². The third-order valence-electron chi connectivity index (χ3n) is 3.42. The quantitative estimate of drug-likeness (QED) is 0.778. The number of esters is 1. The Hall–Kier alpha value is -3.35. The molecule has 0 radical (unpaired) electrons. The fourth-order valence-corrected chi connectivity index (χ4v) is 2.18. The summed E-state index contributed by atoms with van der Waals surface area (Å²) in [6, 6.07) is 13.6. The predicted molar refractivity (Wildman–Crippen MR) is 100 cm³/mol. The molecule has 0 aliphatic heterocycles. The SMILES string of the molecule is CC(=O)Nc1cccc(C(=O)OCC(=O)Nc2ccc(N(C)C)cc2)c1. The zero-order chi connectivity index (χ0) is 19.1. The van der Waals surface area contributed by atoms with Gasteiger partial charge in [0.25, 0.3) is 5.91 Å². The number of carbonyl (C=O) groups excluding carboxylic acids is 3. The molecule has 0 aliphatic rings. The summed E-state index contributed by atoms with van der Waals surface area (Å²) < 4.78 is 5.01. The minimum Gasteiger partial charge on any atom is -0.452 e. The van der Waals surface area contributed by atoms with Gasteiger partial charge in [-0.2, -0.15) is 0 Å². The molecule has 0 atom stereocenters. The molecule has 0 fully saturated rings. The van der Waals surface area contributed by atoms with E-state index in [0.29, 0.717) is 11.4 Å². The summed E-state index contributed by atoms with van der Waals surface area (Å²) in [7, 11) is 3.85. The molecular weight excluding hydrogens is 334 g/mol. The van der Waals surface area contributed by atoms with Crippen molar-refractivity contribution in [3.05, 3.63) is 54.1 Å². The van der Waals surface area contributed by atoms with Crippen LogP contribution < -0.4 is 15.5 Å². The van der Waals surface area contributed by atoms with Gasteiger partial charge in [0.05, 0.1) is 5.56 Å². The van der Waals surface area contributed by atoms with Gasteiger partial charge in [-0.05, 0) is 42.5 Å². The molecule has 2 aromatic carbocycles. The van der Waals surface area contributed by atoms with Gasteiger partial charge < -0.3 is 20.3 Å². The third kappa shape index (κ3) is 5.62. The molecule has 0 saturated heterocycles. The number of hydrogen-bond acceptors (Lipinski definition) is 5. The molecule has 2 rings (SSSR count). The molecule has 0 unspecified atom stereocenters. The largest absolute Gasteiger partial charge is 0.452 e. The van der Waals surface area contributed by atoms with E-state index in [2.05, 4.69) is 10.6 Å². The molecular formula is C19H21N3O4. The number of hydrogen-bond donors (Lipinski definition) is 2. The van der Waals surface area contributed by atoms with Gasteiger partial charge in [-0.1, -0.05) is 6.07 Å². The second-order valence-corrected chi connectivity index (χ2v) is 5.83. The van der Waals surface area contributed by atoms with Crippen LogP contribution in [0.3, 0.4) is 0 Å². The fourth-order valence-electron chi connectivity index (χ4n) is 2.18. The van der Waals surface area contributed by atoms with Crippen molar-refractivity contribution in [2.75, 3.05) is 36.2 Å². The zero-order valence-electron chi connectivity index (χ0n) is 14.9. The van der Waals surface area contributed by atoms with E-state index >= 15 is 0 Å².